The van der Waals surface area contributed by atoms with E-state index in [0.29, 0.717) is 42.0 Å². The summed E-state index contributed by atoms with van der Waals surface area (Å²) in [5.41, 5.74) is -1.94. The maximum atomic E-state index is 13.0. The van der Waals surface area contributed by atoms with E-state index in [2.05, 4.69) is 9.08 Å². The van der Waals surface area contributed by atoms with Crippen LogP contribution in [-0.4, -0.2) is 53.7 Å². The Labute approximate surface area is 183 Å². The summed E-state index contributed by atoms with van der Waals surface area (Å²) in [6.07, 6.45) is 1.15. The van der Waals surface area contributed by atoms with Crippen LogP contribution in [0.25, 0.3) is 11.1 Å². The standard InChI is InChI=1S/C21H22F3NO6S/c1-25-6-5-11-8-17(31-32(26,27)21(22,23)24)20(30-4)19-13-10-16(29-3)15(28-2)9-12(13)7-14(25)18(11)19/h8-10,14H,5-7H2,1-4H3. The molecule has 2 aromatic rings. The highest BCUT2D eigenvalue weighted by Gasteiger charge is 2.49. The number of fused-ring (bicyclic) bond motifs is 2. The number of ether oxygens (including phenoxy) is 3. The molecular weight excluding hydrogens is 451 g/mol. The summed E-state index contributed by atoms with van der Waals surface area (Å²) in [7, 11) is 0.347. The van der Waals surface area contributed by atoms with Crippen molar-refractivity contribution in [2.45, 2.75) is 24.4 Å². The van der Waals surface area contributed by atoms with Gasteiger partial charge in [0.25, 0.3) is 0 Å². The summed E-state index contributed by atoms with van der Waals surface area (Å²) >= 11 is 0. The van der Waals surface area contributed by atoms with E-state index in [0.717, 1.165) is 16.7 Å². The van der Waals surface area contributed by atoms with Crippen LogP contribution in [-0.2, 0) is 23.0 Å². The van der Waals surface area contributed by atoms with Crippen molar-refractivity contribution in [3.8, 4) is 34.1 Å². The number of halogens is 3. The van der Waals surface area contributed by atoms with Crippen LogP contribution in [0.4, 0.5) is 13.2 Å². The number of nitrogens with zero attached hydrogens (tertiary/aromatic N) is 1. The van der Waals surface area contributed by atoms with E-state index in [4.69, 9.17) is 14.2 Å². The van der Waals surface area contributed by atoms with Crippen LogP contribution >= 0.6 is 0 Å². The van der Waals surface area contributed by atoms with Gasteiger partial charge in [-0.05, 0) is 60.3 Å². The summed E-state index contributed by atoms with van der Waals surface area (Å²) in [4.78, 5) is 2.15. The lowest BCUT2D eigenvalue weighted by molar-refractivity contribution is -0.0500. The van der Waals surface area contributed by atoms with Crippen molar-refractivity contribution in [1.29, 1.82) is 0 Å². The third-order valence-electron chi connectivity index (χ3n) is 5.95. The first kappa shape index (κ1) is 22.5. The molecule has 1 heterocycles. The molecule has 0 bridgehead atoms. The molecule has 0 fully saturated rings. The Hall–Kier alpha value is -2.66. The molecule has 0 spiro atoms. The minimum absolute atomic E-state index is 0.0680. The first-order chi connectivity index (χ1) is 15.0. The summed E-state index contributed by atoms with van der Waals surface area (Å²) in [6, 6.07) is 4.81. The van der Waals surface area contributed by atoms with Crippen molar-refractivity contribution < 1.29 is 40.0 Å². The third-order valence-corrected chi connectivity index (χ3v) is 6.92. The van der Waals surface area contributed by atoms with Gasteiger partial charge in [-0.1, -0.05) is 0 Å². The second kappa shape index (κ2) is 7.73. The first-order valence-corrected chi connectivity index (χ1v) is 11.1. The second-order valence-electron chi connectivity index (χ2n) is 7.65. The van der Waals surface area contributed by atoms with Crippen molar-refractivity contribution in [2.24, 2.45) is 0 Å². The molecule has 0 saturated carbocycles. The van der Waals surface area contributed by atoms with E-state index in [-0.39, 0.29) is 11.8 Å². The highest BCUT2D eigenvalue weighted by Crippen LogP contribution is 2.54. The number of rotatable bonds is 5. The van der Waals surface area contributed by atoms with Gasteiger partial charge in [0.2, 0.25) is 0 Å². The zero-order chi connectivity index (χ0) is 23.4. The molecule has 1 unspecified atom stereocenters. The Kier molecular flexibility index (Phi) is 5.44. The molecule has 11 heteroatoms. The van der Waals surface area contributed by atoms with E-state index in [1.165, 1.54) is 27.4 Å². The van der Waals surface area contributed by atoms with E-state index in [1.54, 1.807) is 6.07 Å². The lowest BCUT2D eigenvalue weighted by Crippen LogP contribution is -2.36. The normalized spacial score (nSPS) is 17.9. The lowest BCUT2D eigenvalue weighted by atomic mass is 9.76. The van der Waals surface area contributed by atoms with Crippen molar-refractivity contribution in [2.75, 3.05) is 34.9 Å². The molecule has 1 aliphatic carbocycles. The summed E-state index contributed by atoms with van der Waals surface area (Å²) in [6.45, 7) is 0.650. The summed E-state index contributed by atoms with van der Waals surface area (Å²) in [5, 5.41) is 0. The minimum Gasteiger partial charge on any atom is -0.493 e. The highest BCUT2D eigenvalue weighted by molar-refractivity contribution is 7.88. The number of alkyl halides is 3. The molecule has 4 rings (SSSR count). The Morgan fingerprint density at radius 3 is 2.19 bits per heavy atom. The molecule has 174 valence electrons. The van der Waals surface area contributed by atoms with Crippen molar-refractivity contribution >= 4 is 10.1 Å². The van der Waals surface area contributed by atoms with Gasteiger partial charge in [-0.3, -0.25) is 4.90 Å². The SMILES string of the molecule is COc1cc2c(cc1OC)-c1c(OC)c(OS(=O)(=O)C(F)(F)F)cc3c1C(C2)N(C)CC3. The van der Waals surface area contributed by atoms with Crippen LogP contribution in [0.1, 0.15) is 22.7 Å². The topological polar surface area (TPSA) is 74.3 Å². The molecule has 2 aromatic carbocycles. The first-order valence-electron chi connectivity index (χ1n) is 9.72. The minimum atomic E-state index is -5.88. The smallest absolute Gasteiger partial charge is 0.493 e. The number of benzene rings is 2. The Morgan fingerprint density at radius 1 is 0.969 bits per heavy atom. The molecule has 0 radical (unpaired) electrons. The molecule has 2 aliphatic rings. The average Bonchev–Trinajstić information content (AvgIpc) is 2.73. The number of hydrogen-bond donors (Lipinski definition) is 0. The molecule has 0 N–H and O–H groups in total. The summed E-state index contributed by atoms with van der Waals surface area (Å²) in [5.74, 6) is 0.368. The third kappa shape index (κ3) is 3.43. The number of methoxy groups -OCH3 is 3. The van der Waals surface area contributed by atoms with Crippen molar-refractivity contribution in [1.82, 2.24) is 4.90 Å². The summed E-state index contributed by atoms with van der Waals surface area (Å²) < 4.78 is 83.5. The van der Waals surface area contributed by atoms with Crippen LogP contribution in [0, 0.1) is 0 Å². The molecule has 0 amide bonds. The molecule has 7 nitrogen and oxygen atoms in total. The Morgan fingerprint density at radius 2 is 1.59 bits per heavy atom. The zero-order valence-electron chi connectivity index (χ0n) is 17.9. The predicted octanol–water partition coefficient (Wildman–Crippen LogP) is 3.69. The Bertz CT molecular complexity index is 1180. The van der Waals surface area contributed by atoms with Gasteiger partial charge in [0.15, 0.2) is 23.0 Å². The second-order valence-corrected chi connectivity index (χ2v) is 9.19. The molecule has 0 aromatic heterocycles. The monoisotopic (exact) mass is 473 g/mol. The fourth-order valence-electron chi connectivity index (χ4n) is 4.45. The van der Waals surface area contributed by atoms with Gasteiger partial charge in [-0.2, -0.15) is 21.6 Å². The van der Waals surface area contributed by atoms with E-state index in [9.17, 15) is 21.6 Å². The average molecular weight is 473 g/mol. The van der Waals surface area contributed by atoms with Gasteiger partial charge in [-0.25, -0.2) is 0 Å². The van der Waals surface area contributed by atoms with Gasteiger partial charge >= 0.3 is 15.6 Å². The number of hydrogen-bond acceptors (Lipinski definition) is 7. The van der Waals surface area contributed by atoms with Gasteiger partial charge in [0.1, 0.15) is 0 Å². The zero-order valence-corrected chi connectivity index (χ0v) is 18.7. The molecular formula is C21H22F3NO6S. The van der Waals surface area contributed by atoms with Gasteiger partial charge in [0.05, 0.1) is 21.3 Å². The quantitative estimate of drug-likeness (QED) is 0.484. The van der Waals surface area contributed by atoms with E-state index < -0.39 is 21.4 Å². The van der Waals surface area contributed by atoms with Crippen LogP contribution in [0.3, 0.4) is 0 Å². The largest absolute Gasteiger partial charge is 0.534 e. The fraction of sp³-hybridized carbons (Fsp3) is 0.429. The molecule has 0 saturated heterocycles. The van der Waals surface area contributed by atoms with Gasteiger partial charge in [0, 0.05) is 18.2 Å². The highest BCUT2D eigenvalue weighted by atomic mass is 32.2. The molecule has 1 aliphatic heterocycles. The molecule has 1 atom stereocenters. The van der Waals surface area contributed by atoms with E-state index >= 15 is 0 Å². The van der Waals surface area contributed by atoms with Gasteiger partial charge < -0.3 is 18.4 Å². The van der Waals surface area contributed by atoms with Crippen LogP contribution in [0.5, 0.6) is 23.0 Å². The van der Waals surface area contributed by atoms with Crippen LogP contribution in [0.2, 0.25) is 0 Å². The van der Waals surface area contributed by atoms with Crippen molar-refractivity contribution in [3.05, 3.63) is 34.9 Å². The number of likely N-dealkylation sites (N-methyl/N-ethyl adjacent to an activating group) is 1. The van der Waals surface area contributed by atoms with Crippen LogP contribution < -0.4 is 18.4 Å². The van der Waals surface area contributed by atoms with E-state index in [1.807, 2.05) is 13.1 Å². The van der Waals surface area contributed by atoms with Crippen LogP contribution in [0.15, 0.2) is 18.2 Å². The van der Waals surface area contributed by atoms with Gasteiger partial charge in [-0.15, -0.1) is 0 Å². The maximum Gasteiger partial charge on any atom is 0.534 e. The Balaban J connectivity index is 2.02. The molecule has 32 heavy (non-hydrogen) atoms. The lowest BCUT2D eigenvalue weighted by Gasteiger charge is -2.40. The fourth-order valence-corrected chi connectivity index (χ4v) is 4.91. The predicted molar refractivity (Wildman–Crippen MR) is 110 cm³/mol. The maximum absolute atomic E-state index is 13.0. The van der Waals surface area contributed by atoms with Crippen molar-refractivity contribution in [3.63, 3.8) is 0 Å².